The number of pyridine rings is 1. The van der Waals surface area contributed by atoms with E-state index in [1.165, 1.54) is 0 Å². The molecule has 0 aliphatic carbocycles. The zero-order chi connectivity index (χ0) is 12.0. The van der Waals surface area contributed by atoms with Gasteiger partial charge in [0.1, 0.15) is 0 Å². The van der Waals surface area contributed by atoms with Crippen LogP contribution in [0.15, 0.2) is 24.4 Å². The first-order valence-corrected chi connectivity index (χ1v) is 5.99. The third-order valence-electron chi connectivity index (χ3n) is 3.06. The minimum atomic E-state index is -0.403. The Hall–Kier alpha value is -0.930. The Morgan fingerprint density at radius 2 is 2.19 bits per heavy atom. The van der Waals surface area contributed by atoms with Gasteiger partial charge in [-0.15, -0.1) is 0 Å². The summed E-state index contributed by atoms with van der Waals surface area (Å²) in [5, 5.41) is 10.2. The molecule has 3 unspecified atom stereocenters. The molecular formula is C13H22N2O. The Morgan fingerprint density at radius 1 is 1.44 bits per heavy atom. The molecule has 0 spiro atoms. The van der Waals surface area contributed by atoms with Crippen molar-refractivity contribution in [3.05, 3.63) is 30.1 Å². The first-order chi connectivity index (χ1) is 7.70. The van der Waals surface area contributed by atoms with E-state index in [9.17, 15) is 5.11 Å². The highest BCUT2D eigenvalue weighted by Gasteiger charge is 2.25. The number of aliphatic hydroxyl groups excluding tert-OH is 1. The molecule has 1 rings (SSSR count). The maximum atomic E-state index is 10.2. The van der Waals surface area contributed by atoms with Gasteiger partial charge >= 0.3 is 0 Å². The fourth-order valence-electron chi connectivity index (χ4n) is 2.05. The Balaban J connectivity index is 2.74. The van der Waals surface area contributed by atoms with Crippen LogP contribution in [0.2, 0.25) is 0 Å². The lowest BCUT2D eigenvalue weighted by Crippen LogP contribution is -2.31. The third kappa shape index (κ3) is 3.29. The van der Waals surface area contributed by atoms with Crippen LogP contribution in [-0.2, 0) is 0 Å². The molecule has 1 heterocycles. The summed E-state index contributed by atoms with van der Waals surface area (Å²) in [6.45, 7) is 4.63. The average Bonchev–Trinajstić information content (AvgIpc) is 2.31. The lowest BCUT2D eigenvalue weighted by Gasteiger charge is -2.26. The molecule has 3 nitrogen and oxygen atoms in total. The molecule has 16 heavy (non-hydrogen) atoms. The SMILES string of the molecule is CCCC(C)C(O)C(CN)c1ccccn1. The van der Waals surface area contributed by atoms with Gasteiger partial charge in [-0.2, -0.15) is 0 Å². The minimum Gasteiger partial charge on any atom is -0.392 e. The van der Waals surface area contributed by atoms with E-state index in [1.807, 2.05) is 18.2 Å². The van der Waals surface area contributed by atoms with Crippen molar-refractivity contribution in [1.29, 1.82) is 0 Å². The van der Waals surface area contributed by atoms with Crippen LogP contribution in [0.3, 0.4) is 0 Å². The van der Waals surface area contributed by atoms with Gasteiger partial charge in [-0.3, -0.25) is 4.98 Å². The van der Waals surface area contributed by atoms with Crippen LogP contribution in [0.5, 0.6) is 0 Å². The molecule has 0 saturated heterocycles. The van der Waals surface area contributed by atoms with Gasteiger partial charge in [0, 0.05) is 24.4 Å². The van der Waals surface area contributed by atoms with Crippen LogP contribution in [-0.4, -0.2) is 22.7 Å². The van der Waals surface area contributed by atoms with Gasteiger partial charge in [-0.05, 0) is 24.5 Å². The van der Waals surface area contributed by atoms with Gasteiger partial charge in [0.25, 0.3) is 0 Å². The molecular weight excluding hydrogens is 200 g/mol. The van der Waals surface area contributed by atoms with Crippen LogP contribution in [0.4, 0.5) is 0 Å². The fraction of sp³-hybridized carbons (Fsp3) is 0.615. The highest BCUT2D eigenvalue weighted by Crippen LogP contribution is 2.24. The maximum Gasteiger partial charge on any atom is 0.0661 e. The van der Waals surface area contributed by atoms with Crippen molar-refractivity contribution >= 4 is 0 Å². The van der Waals surface area contributed by atoms with Crippen molar-refractivity contribution in [2.75, 3.05) is 6.54 Å². The Bertz CT molecular complexity index is 289. The van der Waals surface area contributed by atoms with E-state index in [0.717, 1.165) is 18.5 Å². The summed E-state index contributed by atoms with van der Waals surface area (Å²) in [7, 11) is 0. The van der Waals surface area contributed by atoms with Crippen molar-refractivity contribution < 1.29 is 5.11 Å². The summed E-state index contributed by atoms with van der Waals surface area (Å²) in [4.78, 5) is 4.27. The normalized spacial score (nSPS) is 16.8. The standard InChI is InChI=1S/C13H22N2O/c1-3-6-10(2)13(16)11(9-14)12-7-4-5-8-15-12/h4-5,7-8,10-11,13,16H,3,6,9,14H2,1-2H3. The van der Waals surface area contributed by atoms with Gasteiger partial charge in [0.05, 0.1) is 6.10 Å². The molecule has 0 amide bonds. The number of rotatable bonds is 6. The van der Waals surface area contributed by atoms with Gasteiger partial charge in [-0.1, -0.05) is 26.3 Å². The molecule has 0 fully saturated rings. The number of aromatic nitrogens is 1. The van der Waals surface area contributed by atoms with Crippen molar-refractivity contribution in [2.45, 2.75) is 38.7 Å². The smallest absolute Gasteiger partial charge is 0.0661 e. The molecule has 3 atom stereocenters. The summed E-state index contributed by atoms with van der Waals surface area (Å²) in [6.07, 6.45) is 3.44. The van der Waals surface area contributed by atoms with Crippen LogP contribution >= 0.6 is 0 Å². The van der Waals surface area contributed by atoms with Crippen molar-refractivity contribution in [3.8, 4) is 0 Å². The molecule has 0 saturated carbocycles. The van der Waals surface area contributed by atoms with E-state index in [4.69, 9.17) is 5.73 Å². The van der Waals surface area contributed by atoms with Gasteiger partial charge in [0.2, 0.25) is 0 Å². The monoisotopic (exact) mass is 222 g/mol. The number of hydrogen-bond donors (Lipinski definition) is 2. The van der Waals surface area contributed by atoms with E-state index >= 15 is 0 Å². The Morgan fingerprint density at radius 3 is 2.69 bits per heavy atom. The minimum absolute atomic E-state index is 0.0530. The zero-order valence-corrected chi connectivity index (χ0v) is 10.1. The Labute approximate surface area is 97.7 Å². The van der Waals surface area contributed by atoms with E-state index in [2.05, 4.69) is 18.8 Å². The van der Waals surface area contributed by atoms with E-state index in [1.54, 1.807) is 6.20 Å². The fourth-order valence-corrected chi connectivity index (χ4v) is 2.05. The average molecular weight is 222 g/mol. The van der Waals surface area contributed by atoms with Crippen molar-refractivity contribution in [2.24, 2.45) is 11.7 Å². The van der Waals surface area contributed by atoms with Crippen molar-refractivity contribution in [3.63, 3.8) is 0 Å². The molecule has 3 heteroatoms. The molecule has 3 N–H and O–H groups in total. The molecule has 0 aliphatic rings. The second kappa shape index (κ2) is 6.61. The predicted molar refractivity (Wildman–Crippen MR) is 66.1 cm³/mol. The second-order valence-corrected chi connectivity index (χ2v) is 4.35. The number of hydrogen-bond acceptors (Lipinski definition) is 3. The lowest BCUT2D eigenvalue weighted by molar-refractivity contribution is 0.0845. The summed E-state index contributed by atoms with van der Waals surface area (Å²) < 4.78 is 0. The topological polar surface area (TPSA) is 59.1 Å². The van der Waals surface area contributed by atoms with E-state index in [0.29, 0.717) is 6.54 Å². The molecule has 0 aliphatic heterocycles. The Kier molecular flexibility index (Phi) is 5.43. The number of nitrogens with zero attached hydrogens (tertiary/aromatic N) is 1. The third-order valence-corrected chi connectivity index (χ3v) is 3.06. The van der Waals surface area contributed by atoms with E-state index < -0.39 is 6.10 Å². The zero-order valence-electron chi connectivity index (χ0n) is 10.1. The number of aliphatic hydroxyl groups is 1. The first kappa shape index (κ1) is 13.1. The highest BCUT2D eigenvalue weighted by atomic mass is 16.3. The highest BCUT2D eigenvalue weighted by molar-refractivity contribution is 5.12. The van der Waals surface area contributed by atoms with Gasteiger partial charge < -0.3 is 10.8 Å². The summed E-state index contributed by atoms with van der Waals surface area (Å²) in [6, 6.07) is 5.74. The summed E-state index contributed by atoms with van der Waals surface area (Å²) in [5.74, 6) is 0.211. The lowest BCUT2D eigenvalue weighted by atomic mass is 9.87. The molecule has 0 radical (unpaired) electrons. The van der Waals surface area contributed by atoms with E-state index in [-0.39, 0.29) is 11.8 Å². The molecule has 0 aromatic carbocycles. The second-order valence-electron chi connectivity index (χ2n) is 4.35. The first-order valence-electron chi connectivity index (χ1n) is 5.99. The van der Waals surface area contributed by atoms with Crippen LogP contribution in [0.25, 0.3) is 0 Å². The van der Waals surface area contributed by atoms with Gasteiger partial charge in [0.15, 0.2) is 0 Å². The van der Waals surface area contributed by atoms with Crippen LogP contribution in [0.1, 0.15) is 38.3 Å². The molecule has 90 valence electrons. The molecule has 1 aromatic heterocycles. The molecule has 0 bridgehead atoms. The summed E-state index contributed by atoms with van der Waals surface area (Å²) >= 11 is 0. The quantitative estimate of drug-likeness (QED) is 0.773. The van der Waals surface area contributed by atoms with Crippen molar-refractivity contribution in [1.82, 2.24) is 4.98 Å². The van der Waals surface area contributed by atoms with Crippen LogP contribution in [0, 0.1) is 5.92 Å². The summed E-state index contributed by atoms with van der Waals surface area (Å²) in [5.41, 5.74) is 6.63. The van der Waals surface area contributed by atoms with Gasteiger partial charge in [-0.25, -0.2) is 0 Å². The predicted octanol–water partition coefficient (Wildman–Crippen LogP) is 1.92. The number of nitrogens with two attached hydrogens (primary N) is 1. The van der Waals surface area contributed by atoms with Crippen LogP contribution < -0.4 is 5.73 Å². The molecule has 1 aromatic rings. The largest absolute Gasteiger partial charge is 0.392 e. The maximum absolute atomic E-state index is 10.2.